The molecule has 0 bridgehead atoms. The Balaban J connectivity index is 3.10. The summed E-state index contributed by atoms with van der Waals surface area (Å²) in [5.41, 5.74) is 1.22. The molecule has 0 aliphatic heterocycles. The molecular formula is C14H28N4O. The van der Waals surface area contributed by atoms with Crippen molar-refractivity contribution >= 4 is 0 Å². The molecule has 0 saturated heterocycles. The van der Waals surface area contributed by atoms with E-state index in [1.807, 2.05) is 11.7 Å². The van der Waals surface area contributed by atoms with Gasteiger partial charge in [0.25, 0.3) is 0 Å². The van der Waals surface area contributed by atoms with Gasteiger partial charge in [-0.15, -0.1) is 0 Å². The van der Waals surface area contributed by atoms with Crippen LogP contribution in [0.2, 0.25) is 0 Å². The Morgan fingerprint density at radius 3 is 2.47 bits per heavy atom. The van der Waals surface area contributed by atoms with E-state index < -0.39 is 0 Å². The maximum atomic E-state index is 5.47. The van der Waals surface area contributed by atoms with Gasteiger partial charge in [0, 0.05) is 6.54 Å². The van der Waals surface area contributed by atoms with Crippen molar-refractivity contribution < 1.29 is 4.74 Å². The molecule has 1 aromatic rings. The Bertz CT molecular complexity index is 393. The lowest BCUT2D eigenvalue weighted by Gasteiger charge is -2.31. The van der Waals surface area contributed by atoms with Crippen LogP contribution in [-0.4, -0.2) is 49.5 Å². The van der Waals surface area contributed by atoms with Crippen molar-refractivity contribution in [1.29, 1.82) is 0 Å². The molecule has 5 heteroatoms. The second-order valence-corrected chi connectivity index (χ2v) is 6.21. The number of nitrogens with one attached hydrogen (secondary N) is 1. The quantitative estimate of drug-likeness (QED) is 0.853. The number of aromatic nitrogens is 2. The van der Waals surface area contributed by atoms with Gasteiger partial charge in [-0.3, -0.25) is 4.68 Å². The first-order valence-corrected chi connectivity index (χ1v) is 6.73. The van der Waals surface area contributed by atoms with Crippen LogP contribution >= 0.6 is 0 Å². The van der Waals surface area contributed by atoms with Gasteiger partial charge in [-0.1, -0.05) is 20.8 Å². The second kappa shape index (κ2) is 6.39. The van der Waals surface area contributed by atoms with Crippen LogP contribution in [-0.2, 0) is 6.54 Å². The minimum absolute atomic E-state index is 0.0952. The fourth-order valence-corrected chi connectivity index (χ4v) is 2.28. The predicted octanol–water partition coefficient (Wildman–Crippen LogP) is 1.76. The molecule has 0 amide bonds. The lowest BCUT2D eigenvalue weighted by Crippen LogP contribution is -2.33. The number of likely N-dealkylation sites (N-methyl/N-ethyl adjacent to an activating group) is 1. The summed E-state index contributed by atoms with van der Waals surface area (Å²) in [5, 5.41) is 7.86. The van der Waals surface area contributed by atoms with E-state index in [4.69, 9.17) is 4.74 Å². The molecule has 5 nitrogen and oxygen atoms in total. The fraction of sp³-hybridized carbons (Fsp3) is 0.786. The van der Waals surface area contributed by atoms with Gasteiger partial charge in [-0.2, -0.15) is 5.10 Å². The van der Waals surface area contributed by atoms with Gasteiger partial charge >= 0.3 is 0 Å². The Morgan fingerprint density at radius 2 is 2.05 bits per heavy atom. The van der Waals surface area contributed by atoms with Crippen LogP contribution in [0.25, 0.3) is 0 Å². The summed E-state index contributed by atoms with van der Waals surface area (Å²) in [6.45, 7) is 8.48. The second-order valence-electron chi connectivity index (χ2n) is 6.21. The van der Waals surface area contributed by atoms with Gasteiger partial charge in [0.1, 0.15) is 0 Å². The highest BCUT2D eigenvalue weighted by atomic mass is 16.5. The van der Waals surface area contributed by atoms with Crippen LogP contribution in [0.15, 0.2) is 6.20 Å². The van der Waals surface area contributed by atoms with Crippen molar-refractivity contribution in [3.05, 3.63) is 11.9 Å². The van der Waals surface area contributed by atoms with Gasteiger partial charge in [-0.05, 0) is 26.6 Å². The molecule has 0 saturated carbocycles. The maximum absolute atomic E-state index is 5.47. The third-order valence-electron chi connectivity index (χ3n) is 3.25. The van der Waals surface area contributed by atoms with Crippen LogP contribution in [0.1, 0.15) is 32.5 Å². The minimum atomic E-state index is 0.0952. The summed E-state index contributed by atoms with van der Waals surface area (Å²) in [6.07, 6.45) is 1.81. The molecule has 1 atom stereocenters. The van der Waals surface area contributed by atoms with Crippen LogP contribution in [0.4, 0.5) is 0 Å². The molecule has 0 radical (unpaired) electrons. The minimum Gasteiger partial charge on any atom is -0.493 e. The molecule has 0 aliphatic rings. The highest BCUT2D eigenvalue weighted by molar-refractivity contribution is 5.29. The molecular weight excluding hydrogens is 240 g/mol. The standard InChI is InChI=1S/C14H28N4O/c1-14(2,3)13(15-4)12-11(19-7)10-16-18(12)9-8-17(5)6/h10,13,15H,8-9H2,1-7H3. The third-order valence-corrected chi connectivity index (χ3v) is 3.25. The van der Waals surface area contributed by atoms with E-state index in [0.717, 1.165) is 24.5 Å². The van der Waals surface area contributed by atoms with Crippen LogP contribution in [0.5, 0.6) is 5.75 Å². The first-order chi connectivity index (χ1) is 8.81. The van der Waals surface area contributed by atoms with E-state index in [2.05, 4.69) is 50.2 Å². The first kappa shape index (κ1) is 16.0. The molecule has 1 unspecified atom stereocenters. The highest BCUT2D eigenvalue weighted by Crippen LogP contribution is 2.37. The van der Waals surface area contributed by atoms with Gasteiger partial charge in [0.2, 0.25) is 0 Å². The molecule has 110 valence electrons. The van der Waals surface area contributed by atoms with Crippen LogP contribution in [0, 0.1) is 5.41 Å². The molecule has 0 aliphatic carbocycles. The van der Waals surface area contributed by atoms with E-state index in [0.29, 0.717) is 0 Å². The fourth-order valence-electron chi connectivity index (χ4n) is 2.28. The van der Waals surface area contributed by atoms with E-state index in [1.54, 1.807) is 13.3 Å². The number of rotatable bonds is 6. The normalized spacial score (nSPS) is 13.9. The van der Waals surface area contributed by atoms with E-state index >= 15 is 0 Å². The zero-order valence-electron chi connectivity index (χ0n) is 13.3. The Labute approximate surface area is 116 Å². The van der Waals surface area contributed by atoms with Crippen molar-refractivity contribution in [2.75, 3.05) is 34.8 Å². The van der Waals surface area contributed by atoms with Crippen LogP contribution in [0.3, 0.4) is 0 Å². The van der Waals surface area contributed by atoms with Crippen molar-refractivity contribution in [3.63, 3.8) is 0 Å². The van der Waals surface area contributed by atoms with Crippen molar-refractivity contribution in [3.8, 4) is 5.75 Å². The number of methoxy groups -OCH3 is 1. The summed E-state index contributed by atoms with van der Waals surface area (Å²) in [7, 11) is 7.82. The average molecular weight is 268 g/mol. The van der Waals surface area contributed by atoms with Gasteiger partial charge in [-0.25, -0.2) is 0 Å². The van der Waals surface area contributed by atoms with E-state index in [1.165, 1.54) is 0 Å². The molecule has 1 aromatic heterocycles. The molecule has 19 heavy (non-hydrogen) atoms. The van der Waals surface area contributed by atoms with E-state index in [-0.39, 0.29) is 11.5 Å². The monoisotopic (exact) mass is 268 g/mol. The molecule has 1 heterocycles. The number of hydrogen-bond acceptors (Lipinski definition) is 4. The molecule has 0 fully saturated rings. The Kier molecular flexibility index (Phi) is 5.38. The number of nitrogens with zero attached hydrogens (tertiary/aromatic N) is 3. The summed E-state index contributed by atoms with van der Waals surface area (Å²) in [6, 6.07) is 0.201. The smallest absolute Gasteiger partial charge is 0.161 e. The Morgan fingerprint density at radius 1 is 1.42 bits per heavy atom. The summed E-state index contributed by atoms with van der Waals surface area (Å²) in [5.74, 6) is 0.855. The summed E-state index contributed by atoms with van der Waals surface area (Å²) < 4.78 is 7.52. The lowest BCUT2D eigenvalue weighted by molar-refractivity contribution is 0.258. The third kappa shape index (κ3) is 3.94. The van der Waals surface area contributed by atoms with Gasteiger partial charge in [0.15, 0.2) is 5.75 Å². The summed E-state index contributed by atoms with van der Waals surface area (Å²) >= 11 is 0. The SMILES string of the molecule is CNC(c1c(OC)cnn1CCN(C)C)C(C)(C)C. The van der Waals surface area contributed by atoms with Crippen molar-refractivity contribution in [2.24, 2.45) is 5.41 Å². The zero-order chi connectivity index (χ0) is 14.6. The Hall–Kier alpha value is -1.07. The average Bonchev–Trinajstić information content (AvgIpc) is 2.68. The summed E-state index contributed by atoms with van der Waals surface area (Å²) in [4.78, 5) is 2.16. The maximum Gasteiger partial charge on any atom is 0.161 e. The molecule has 1 rings (SSSR count). The molecule has 0 spiro atoms. The number of ether oxygens (including phenoxy) is 1. The molecule has 0 aromatic carbocycles. The van der Waals surface area contributed by atoms with Crippen LogP contribution < -0.4 is 10.1 Å². The lowest BCUT2D eigenvalue weighted by atomic mass is 9.84. The topological polar surface area (TPSA) is 42.3 Å². The number of hydrogen-bond donors (Lipinski definition) is 1. The van der Waals surface area contributed by atoms with E-state index in [9.17, 15) is 0 Å². The van der Waals surface area contributed by atoms with Gasteiger partial charge < -0.3 is 15.0 Å². The molecule has 1 N–H and O–H groups in total. The zero-order valence-corrected chi connectivity index (χ0v) is 13.3. The van der Waals surface area contributed by atoms with Gasteiger partial charge in [0.05, 0.1) is 31.6 Å². The largest absolute Gasteiger partial charge is 0.493 e. The highest BCUT2D eigenvalue weighted by Gasteiger charge is 2.30. The predicted molar refractivity (Wildman–Crippen MR) is 78.6 cm³/mol. The van der Waals surface area contributed by atoms with Crippen molar-refractivity contribution in [1.82, 2.24) is 20.0 Å². The van der Waals surface area contributed by atoms with Crippen molar-refractivity contribution in [2.45, 2.75) is 33.4 Å². The first-order valence-electron chi connectivity index (χ1n) is 6.73.